The average molecular weight is 444 g/mol. The van der Waals surface area contributed by atoms with Gasteiger partial charge in [-0.05, 0) is 35.9 Å². The van der Waals surface area contributed by atoms with Gasteiger partial charge in [0.2, 0.25) is 6.79 Å². The van der Waals surface area contributed by atoms with E-state index in [1.807, 2.05) is 24.3 Å². The van der Waals surface area contributed by atoms with Crippen LogP contribution in [0.5, 0.6) is 11.5 Å². The van der Waals surface area contributed by atoms with Crippen LogP contribution >= 0.6 is 0 Å². The van der Waals surface area contributed by atoms with Gasteiger partial charge in [0.1, 0.15) is 0 Å². The highest BCUT2D eigenvalue weighted by atomic mass is 32.2. The molecule has 0 atom stereocenters. The van der Waals surface area contributed by atoms with Crippen LogP contribution in [0.2, 0.25) is 0 Å². The summed E-state index contributed by atoms with van der Waals surface area (Å²) >= 11 is 0. The second kappa shape index (κ2) is 6.96. The average Bonchev–Trinajstić information content (AvgIpc) is 3.58. The van der Waals surface area contributed by atoms with Crippen LogP contribution in [0, 0.1) is 0 Å². The van der Waals surface area contributed by atoms with Gasteiger partial charge in [0.15, 0.2) is 17.1 Å². The summed E-state index contributed by atoms with van der Waals surface area (Å²) in [7, 11) is -3.83. The zero-order chi connectivity index (χ0) is 21.7. The molecule has 5 aromatic rings. The summed E-state index contributed by atoms with van der Waals surface area (Å²) in [5, 5.41) is 7.50. The lowest BCUT2D eigenvalue weighted by Crippen LogP contribution is -2.12. The zero-order valence-corrected chi connectivity index (χ0v) is 17.4. The number of benzene rings is 2. The minimum absolute atomic E-state index is 0.192. The molecular formula is C23H16N4O4S. The smallest absolute Gasteiger partial charge is 0.269 e. The molecule has 4 heterocycles. The van der Waals surface area contributed by atoms with E-state index in [0.717, 1.165) is 16.7 Å². The van der Waals surface area contributed by atoms with Crippen molar-refractivity contribution in [3.63, 3.8) is 0 Å². The predicted molar refractivity (Wildman–Crippen MR) is 118 cm³/mol. The Hall–Kier alpha value is -4.11. The van der Waals surface area contributed by atoms with Crippen molar-refractivity contribution in [1.29, 1.82) is 0 Å². The number of nitrogens with zero attached hydrogens (tertiary/aromatic N) is 3. The summed E-state index contributed by atoms with van der Waals surface area (Å²) in [5.74, 6) is 1.36. The van der Waals surface area contributed by atoms with E-state index in [-0.39, 0.29) is 11.7 Å². The maximum absolute atomic E-state index is 13.4. The van der Waals surface area contributed by atoms with Crippen LogP contribution in [0.15, 0.2) is 84.3 Å². The monoisotopic (exact) mass is 444 g/mol. The fraction of sp³-hybridized carbons (Fsp3) is 0.0435. The van der Waals surface area contributed by atoms with Gasteiger partial charge in [-0.25, -0.2) is 17.4 Å². The molecule has 8 nitrogen and oxygen atoms in total. The topological polar surface area (TPSA) is 99.1 Å². The van der Waals surface area contributed by atoms with Crippen molar-refractivity contribution >= 4 is 21.1 Å². The Bertz CT molecular complexity index is 1560. The summed E-state index contributed by atoms with van der Waals surface area (Å²) in [6.45, 7) is 0.195. The van der Waals surface area contributed by atoms with Gasteiger partial charge in [0, 0.05) is 40.7 Å². The lowest BCUT2D eigenvalue weighted by Gasteiger charge is -2.07. The van der Waals surface area contributed by atoms with Crippen molar-refractivity contribution in [3.05, 3.63) is 79.4 Å². The van der Waals surface area contributed by atoms with Crippen molar-refractivity contribution in [1.82, 2.24) is 19.2 Å². The molecule has 9 heteroatoms. The van der Waals surface area contributed by atoms with Gasteiger partial charge >= 0.3 is 0 Å². The van der Waals surface area contributed by atoms with Crippen LogP contribution in [0.25, 0.3) is 33.3 Å². The van der Waals surface area contributed by atoms with Crippen molar-refractivity contribution in [2.45, 2.75) is 4.90 Å². The molecule has 0 unspecified atom stereocenters. The third kappa shape index (κ3) is 2.86. The molecule has 3 aromatic heterocycles. The first-order chi connectivity index (χ1) is 15.6. The maximum Gasteiger partial charge on any atom is 0.269 e. The Morgan fingerprint density at radius 2 is 1.75 bits per heavy atom. The minimum atomic E-state index is -3.83. The summed E-state index contributed by atoms with van der Waals surface area (Å²) in [6.07, 6.45) is 6.63. The Kier molecular flexibility index (Phi) is 4.05. The molecule has 158 valence electrons. The first-order valence-corrected chi connectivity index (χ1v) is 11.3. The van der Waals surface area contributed by atoms with E-state index in [1.165, 1.54) is 3.97 Å². The number of aromatic nitrogens is 4. The van der Waals surface area contributed by atoms with E-state index in [0.29, 0.717) is 28.1 Å². The van der Waals surface area contributed by atoms with Gasteiger partial charge < -0.3 is 9.47 Å². The summed E-state index contributed by atoms with van der Waals surface area (Å²) in [4.78, 5) is 4.75. The number of H-pyrrole nitrogens is 1. The van der Waals surface area contributed by atoms with Crippen molar-refractivity contribution < 1.29 is 17.9 Å². The highest BCUT2D eigenvalue weighted by Crippen LogP contribution is 2.38. The second-order valence-corrected chi connectivity index (χ2v) is 9.12. The molecule has 2 aromatic carbocycles. The van der Waals surface area contributed by atoms with Crippen molar-refractivity contribution in [3.8, 4) is 33.8 Å². The Balaban J connectivity index is 1.57. The van der Waals surface area contributed by atoms with Gasteiger partial charge in [0.25, 0.3) is 10.0 Å². The lowest BCUT2D eigenvalue weighted by atomic mass is 10.0. The number of rotatable bonds is 4. The number of hydrogen-bond donors (Lipinski definition) is 1. The molecule has 0 saturated heterocycles. The Labute approximate surface area is 183 Å². The summed E-state index contributed by atoms with van der Waals surface area (Å²) in [5.41, 5.74) is 3.54. The molecule has 0 aliphatic carbocycles. The molecule has 1 aliphatic rings. The molecule has 0 saturated carbocycles. The van der Waals surface area contributed by atoms with Crippen LogP contribution in [-0.4, -0.2) is 34.4 Å². The number of fused-ring (bicyclic) bond motifs is 2. The van der Waals surface area contributed by atoms with Crippen LogP contribution in [0.3, 0.4) is 0 Å². The van der Waals surface area contributed by atoms with E-state index in [4.69, 9.17) is 9.47 Å². The Morgan fingerprint density at radius 1 is 0.906 bits per heavy atom. The number of aromatic amines is 1. The van der Waals surface area contributed by atoms with Gasteiger partial charge in [-0.3, -0.25) is 5.10 Å². The van der Waals surface area contributed by atoms with E-state index < -0.39 is 10.0 Å². The molecule has 1 N–H and O–H groups in total. The van der Waals surface area contributed by atoms with Crippen LogP contribution in [-0.2, 0) is 10.0 Å². The van der Waals surface area contributed by atoms with E-state index in [9.17, 15) is 8.42 Å². The number of pyridine rings is 1. The quantitative estimate of drug-likeness (QED) is 0.449. The van der Waals surface area contributed by atoms with Crippen LogP contribution < -0.4 is 9.47 Å². The third-order valence-electron chi connectivity index (χ3n) is 5.43. The molecule has 0 spiro atoms. The first-order valence-electron chi connectivity index (χ1n) is 9.82. The van der Waals surface area contributed by atoms with E-state index in [1.54, 1.807) is 55.1 Å². The largest absolute Gasteiger partial charge is 0.454 e. The molecule has 0 bridgehead atoms. The molecule has 32 heavy (non-hydrogen) atoms. The maximum atomic E-state index is 13.4. The lowest BCUT2D eigenvalue weighted by molar-refractivity contribution is 0.174. The second-order valence-electron chi connectivity index (χ2n) is 7.31. The highest BCUT2D eigenvalue weighted by Gasteiger charge is 2.23. The van der Waals surface area contributed by atoms with Gasteiger partial charge in [-0.1, -0.05) is 24.3 Å². The van der Waals surface area contributed by atoms with E-state index >= 15 is 0 Å². The predicted octanol–water partition coefficient (Wildman–Crippen LogP) is 4.06. The number of nitrogens with one attached hydrogen (secondary N) is 1. The van der Waals surface area contributed by atoms with Gasteiger partial charge in [0.05, 0.1) is 11.1 Å². The summed E-state index contributed by atoms with van der Waals surface area (Å²) < 4.78 is 38.9. The standard InChI is InChI=1S/C23H16N4O4S/c28-32(29,18-4-2-1-3-5-18)27-13-20(17-11-25-26-12-17)19-8-16(10-24-23(19)27)15-6-7-21-22(9-15)31-14-30-21/h1-13H,14H2,(H,25,26). The molecule has 0 amide bonds. The molecule has 6 rings (SSSR count). The SMILES string of the molecule is O=S(=O)(c1ccccc1)n1cc(-c2cn[nH]c2)c2cc(-c3ccc4c(c3)OCO4)cnc21. The number of hydrogen-bond acceptors (Lipinski definition) is 6. The van der Waals surface area contributed by atoms with Gasteiger partial charge in [-0.15, -0.1) is 0 Å². The number of ether oxygens (including phenoxy) is 2. The van der Waals surface area contributed by atoms with Crippen LogP contribution in [0.1, 0.15) is 0 Å². The normalized spacial score (nSPS) is 13.0. The fourth-order valence-corrected chi connectivity index (χ4v) is 5.18. The van der Waals surface area contributed by atoms with Gasteiger partial charge in [-0.2, -0.15) is 5.10 Å². The Morgan fingerprint density at radius 3 is 2.56 bits per heavy atom. The molecule has 0 radical (unpaired) electrons. The summed E-state index contributed by atoms with van der Waals surface area (Å²) in [6, 6.07) is 15.9. The first kappa shape index (κ1) is 18.6. The van der Waals surface area contributed by atoms with Crippen LogP contribution in [0.4, 0.5) is 0 Å². The molecule has 1 aliphatic heterocycles. The van der Waals surface area contributed by atoms with E-state index in [2.05, 4.69) is 15.2 Å². The zero-order valence-electron chi connectivity index (χ0n) is 16.6. The third-order valence-corrected chi connectivity index (χ3v) is 7.09. The minimum Gasteiger partial charge on any atom is -0.454 e. The highest BCUT2D eigenvalue weighted by molar-refractivity contribution is 7.90. The molecular weight excluding hydrogens is 428 g/mol. The van der Waals surface area contributed by atoms with Crippen molar-refractivity contribution in [2.24, 2.45) is 0 Å². The van der Waals surface area contributed by atoms with Crippen molar-refractivity contribution in [2.75, 3.05) is 6.79 Å². The molecule has 0 fully saturated rings. The fourth-order valence-electron chi connectivity index (χ4n) is 3.83.